The van der Waals surface area contributed by atoms with Crippen molar-refractivity contribution in [2.24, 2.45) is 5.92 Å². The zero-order valence-corrected chi connectivity index (χ0v) is 16.3. The van der Waals surface area contributed by atoms with E-state index in [-0.39, 0.29) is 30.3 Å². The number of piperidine rings is 1. The third-order valence-corrected chi connectivity index (χ3v) is 5.89. The van der Waals surface area contributed by atoms with E-state index >= 15 is 0 Å². The molecular formula is C19H24Cl2N2O3. The number of hydrogen-bond donors (Lipinski definition) is 1. The number of carbonyl (C=O) groups is 2. The molecule has 7 heteroatoms. The lowest BCUT2D eigenvalue weighted by atomic mass is 10.0. The average molecular weight is 399 g/mol. The van der Waals surface area contributed by atoms with Crippen LogP contribution in [0.3, 0.4) is 0 Å². The lowest BCUT2D eigenvalue weighted by Crippen LogP contribution is -2.48. The summed E-state index contributed by atoms with van der Waals surface area (Å²) in [7, 11) is 0. The van der Waals surface area contributed by atoms with Gasteiger partial charge in [-0.1, -0.05) is 30.1 Å². The molecule has 142 valence electrons. The molecule has 3 rings (SSSR count). The van der Waals surface area contributed by atoms with E-state index in [9.17, 15) is 9.59 Å². The van der Waals surface area contributed by atoms with Crippen molar-refractivity contribution in [3.63, 3.8) is 0 Å². The zero-order chi connectivity index (χ0) is 18.8. The van der Waals surface area contributed by atoms with Crippen molar-refractivity contribution in [2.75, 3.05) is 26.2 Å². The smallest absolute Gasteiger partial charge is 0.317 e. The van der Waals surface area contributed by atoms with Gasteiger partial charge in [-0.2, -0.15) is 0 Å². The molecule has 1 aliphatic carbocycles. The summed E-state index contributed by atoms with van der Waals surface area (Å²) < 4.78 is 0. The van der Waals surface area contributed by atoms with Crippen LogP contribution in [-0.2, 0) is 9.59 Å². The molecule has 5 nitrogen and oxygen atoms in total. The fourth-order valence-electron chi connectivity index (χ4n) is 3.98. The lowest BCUT2D eigenvalue weighted by Gasteiger charge is -2.37. The summed E-state index contributed by atoms with van der Waals surface area (Å²) in [6.07, 6.45) is 2.50. The van der Waals surface area contributed by atoms with Crippen LogP contribution in [0.4, 0.5) is 0 Å². The average Bonchev–Trinajstić information content (AvgIpc) is 3.39. The normalized spacial score (nSPS) is 23.3. The van der Waals surface area contributed by atoms with E-state index in [1.165, 1.54) is 0 Å². The Bertz CT molecular complexity index is 669. The van der Waals surface area contributed by atoms with Gasteiger partial charge in [0.25, 0.3) is 0 Å². The van der Waals surface area contributed by atoms with Crippen molar-refractivity contribution in [2.45, 2.75) is 38.1 Å². The molecule has 1 amide bonds. The van der Waals surface area contributed by atoms with Crippen LogP contribution in [0.5, 0.6) is 0 Å². The van der Waals surface area contributed by atoms with Crippen LogP contribution >= 0.6 is 23.2 Å². The van der Waals surface area contributed by atoms with Crippen molar-refractivity contribution >= 4 is 35.1 Å². The highest BCUT2D eigenvalue weighted by atomic mass is 35.5. The molecule has 1 N–H and O–H groups in total. The molecule has 1 aromatic rings. The number of halogens is 2. The van der Waals surface area contributed by atoms with Crippen LogP contribution in [0.15, 0.2) is 18.2 Å². The minimum atomic E-state index is -0.800. The van der Waals surface area contributed by atoms with E-state index in [1.54, 1.807) is 6.07 Å². The van der Waals surface area contributed by atoms with Crippen LogP contribution < -0.4 is 0 Å². The molecular weight excluding hydrogens is 375 g/mol. The van der Waals surface area contributed by atoms with Gasteiger partial charge >= 0.3 is 5.97 Å². The lowest BCUT2D eigenvalue weighted by molar-refractivity contribution is -0.140. The minimum absolute atomic E-state index is 0.0161. The van der Waals surface area contributed by atoms with E-state index in [0.717, 1.165) is 24.8 Å². The molecule has 1 aromatic carbocycles. The molecule has 2 aliphatic rings. The first-order valence-electron chi connectivity index (χ1n) is 9.09. The molecule has 2 fully saturated rings. The number of carboxylic acid groups (broad SMARTS) is 1. The van der Waals surface area contributed by atoms with Gasteiger partial charge in [0.05, 0.1) is 6.54 Å². The number of aliphatic carboxylic acids is 1. The van der Waals surface area contributed by atoms with Gasteiger partial charge in [-0.05, 0) is 55.5 Å². The highest BCUT2D eigenvalue weighted by Gasteiger charge is 2.46. The summed E-state index contributed by atoms with van der Waals surface area (Å²) in [5.74, 6) is -0.379. The molecule has 2 unspecified atom stereocenters. The molecule has 1 saturated carbocycles. The minimum Gasteiger partial charge on any atom is -0.480 e. The first-order chi connectivity index (χ1) is 12.4. The second-order valence-corrected chi connectivity index (χ2v) is 8.04. The molecule has 0 bridgehead atoms. The Morgan fingerprint density at radius 2 is 1.81 bits per heavy atom. The van der Waals surface area contributed by atoms with E-state index < -0.39 is 5.97 Å². The zero-order valence-electron chi connectivity index (χ0n) is 14.8. The van der Waals surface area contributed by atoms with Gasteiger partial charge in [-0.15, -0.1) is 0 Å². The van der Waals surface area contributed by atoms with E-state index in [4.69, 9.17) is 28.3 Å². The first-order valence-corrected chi connectivity index (χ1v) is 9.85. The Hall–Kier alpha value is -1.30. The summed E-state index contributed by atoms with van der Waals surface area (Å²) in [5, 5.41) is 10.2. The second-order valence-electron chi connectivity index (χ2n) is 7.16. The second kappa shape index (κ2) is 8.15. The van der Waals surface area contributed by atoms with E-state index in [2.05, 4.69) is 0 Å². The number of likely N-dealkylation sites (tertiary alicyclic amines) is 1. The highest BCUT2D eigenvalue weighted by molar-refractivity contribution is 6.34. The highest BCUT2D eigenvalue weighted by Crippen LogP contribution is 2.49. The maximum absolute atomic E-state index is 12.8. The van der Waals surface area contributed by atoms with Crippen LogP contribution in [0.2, 0.25) is 10.0 Å². The van der Waals surface area contributed by atoms with Crippen LogP contribution in [-0.4, -0.2) is 59.0 Å². The molecule has 26 heavy (non-hydrogen) atoms. The third kappa shape index (κ3) is 4.51. The SMILES string of the molecule is CCN(CC(=O)O)C1CCN(C(=O)C2CC2c2cc(Cl)cc(Cl)c2)CC1. The maximum atomic E-state index is 12.8. The van der Waals surface area contributed by atoms with Gasteiger partial charge in [-0.25, -0.2) is 0 Å². The van der Waals surface area contributed by atoms with Crippen molar-refractivity contribution in [3.8, 4) is 0 Å². The molecule has 0 spiro atoms. The van der Waals surface area contributed by atoms with Gasteiger partial charge in [0.15, 0.2) is 0 Å². The monoisotopic (exact) mass is 398 g/mol. The Morgan fingerprint density at radius 1 is 1.19 bits per heavy atom. The number of nitrogens with zero attached hydrogens (tertiary/aromatic N) is 2. The molecule has 0 aromatic heterocycles. The van der Waals surface area contributed by atoms with E-state index in [0.29, 0.717) is 29.7 Å². The molecule has 1 heterocycles. The Balaban J connectivity index is 1.54. The summed E-state index contributed by atoms with van der Waals surface area (Å²) >= 11 is 12.1. The maximum Gasteiger partial charge on any atom is 0.317 e. The number of carbonyl (C=O) groups excluding carboxylic acids is 1. The van der Waals surface area contributed by atoms with Crippen molar-refractivity contribution < 1.29 is 14.7 Å². The van der Waals surface area contributed by atoms with Gasteiger partial charge in [0.1, 0.15) is 0 Å². The molecule has 2 atom stereocenters. The Kier molecular flexibility index (Phi) is 6.10. The number of rotatable bonds is 6. The number of benzene rings is 1. The summed E-state index contributed by atoms with van der Waals surface area (Å²) in [6.45, 7) is 4.14. The van der Waals surface area contributed by atoms with Gasteiger partial charge < -0.3 is 10.0 Å². The van der Waals surface area contributed by atoms with Gasteiger partial charge in [0.2, 0.25) is 5.91 Å². The van der Waals surface area contributed by atoms with Crippen LogP contribution in [0.25, 0.3) is 0 Å². The standard InChI is InChI=1S/C19H24Cl2N2O3/c1-2-22(11-18(24)25)15-3-5-23(6-4-15)19(26)17-10-16(17)12-7-13(20)9-14(21)8-12/h7-9,15-17H,2-6,10-11H2,1H3,(H,24,25). The van der Waals surface area contributed by atoms with E-state index in [1.807, 2.05) is 28.9 Å². The van der Waals surface area contributed by atoms with Gasteiger partial charge in [-0.3, -0.25) is 14.5 Å². The van der Waals surface area contributed by atoms with Crippen LogP contribution in [0.1, 0.15) is 37.7 Å². The number of likely N-dealkylation sites (N-methyl/N-ethyl adjacent to an activating group) is 1. The van der Waals surface area contributed by atoms with Crippen molar-refractivity contribution in [3.05, 3.63) is 33.8 Å². The van der Waals surface area contributed by atoms with Gasteiger partial charge in [0, 0.05) is 35.1 Å². The quantitative estimate of drug-likeness (QED) is 0.796. The van der Waals surface area contributed by atoms with Crippen molar-refractivity contribution in [1.29, 1.82) is 0 Å². The largest absolute Gasteiger partial charge is 0.480 e. The predicted molar refractivity (Wildman–Crippen MR) is 102 cm³/mol. The Morgan fingerprint density at radius 3 is 2.35 bits per heavy atom. The fraction of sp³-hybridized carbons (Fsp3) is 0.579. The first kappa shape index (κ1) is 19.5. The summed E-state index contributed by atoms with van der Waals surface area (Å²) in [6, 6.07) is 5.72. The number of hydrogen-bond acceptors (Lipinski definition) is 3. The van der Waals surface area contributed by atoms with Crippen LogP contribution in [0, 0.1) is 5.92 Å². The number of carboxylic acids is 1. The fourth-order valence-corrected chi connectivity index (χ4v) is 4.53. The topological polar surface area (TPSA) is 60.9 Å². The number of amides is 1. The summed E-state index contributed by atoms with van der Waals surface area (Å²) in [4.78, 5) is 27.7. The Labute approximate surface area is 163 Å². The van der Waals surface area contributed by atoms with Crippen molar-refractivity contribution in [1.82, 2.24) is 9.80 Å². The third-order valence-electron chi connectivity index (χ3n) is 5.46. The molecule has 1 saturated heterocycles. The molecule has 0 radical (unpaired) electrons. The molecule has 1 aliphatic heterocycles. The summed E-state index contributed by atoms with van der Waals surface area (Å²) in [5.41, 5.74) is 1.04. The predicted octanol–water partition coefficient (Wildman–Crippen LogP) is 3.49.